The number of hydrogen-bond acceptors (Lipinski definition) is 4. The average Bonchev–Trinajstić information content (AvgIpc) is 2.68. The molecule has 0 N–H and O–H groups in total. The lowest BCUT2D eigenvalue weighted by Gasteiger charge is -2.30. The molecular weight excluding hydrogens is 340 g/mol. The van der Waals surface area contributed by atoms with Crippen molar-refractivity contribution in [3.8, 4) is 5.75 Å². The number of ether oxygens (including phenoxy) is 2. The largest absolute Gasteiger partial charge is 0.496 e. The van der Waals surface area contributed by atoms with Gasteiger partial charge < -0.3 is 9.47 Å². The molecule has 4 nitrogen and oxygen atoms in total. The van der Waals surface area contributed by atoms with Crippen LogP contribution in [0.3, 0.4) is 0 Å². The van der Waals surface area contributed by atoms with E-state index in [1.54, 1.807) is 20.1 Å². The molecule has 2 aromatic carbocycles. The van der Waals surface area contributed by atoms with E-state index in [1.165, 1.54) is 0 Å². The molecule has 0 amide bonds. The molecule has 0 saturated carbocycles. The van der Waals surface area contributed by atoms with Crippen LogP contribution in [0, 0.1) is 12.8 Å². The summed E-state index contributed by atoms with van der Waals surface area (Å²) in [6.45, 7) is 4.02. The van der Waals surface area contributed by atoms with Gasteiger partial charge in [-0.3, -0.25) is 9.59 Å². The van der Waals surface area contributed by atoms with Gasteiger partial charge in [-0.1, -0.05) is 48.0 Å². The van der Waals surface area contributed by atoms with Crippen LogP contribution in [0.15, 0.2) is 54.6 Å². The Labute approximate surface area is 159 Å². The third-order valence-electron chi connectivity index (χ3n) is 4.97. The molecule has 3 rings (SSSR count). The summed E-state index contributed by atoms with van der Waals surface area (Å²) in [7, 11) is 1.60. The number of ketones is 1. The maximum atomic E-state index is 12.9. The third kappa shape index (κ3) is 3.95. The van der Waals surface area contributed by atoms with Crippen LogP contribution in [0.1, 0.15) is 36.0 Å². The van der Waals surface area contributed by atoms with Crippen molar-refractivity contribution in [3.63, 3.8) is 0 Å². The van der Waals surface area contributed by atoms with Gasteiger partial charge in [0.2, 0.25) is 0 Å². The lowest BCUT2D eigenvalue weighted by molar-refractivity contribution is -0.151. The number of carbonyl (C=O) groups is 2. The number of esters is 1. The number of methoxy groups -OCH3 is 1. The molecule has 0 aromatic heterocycles. The molecule has 0 saturated heterocycles. The zero-order valence-corrected chi connectivity index (χ0v) is 15.9. The molecule has 2 atom stereocenters. The van der Waals surface area contributed by atoms with Crippen LogP contribution >= 0.6 is 0 Å². The lowest BCUT2D eigenvalue weighted by atomic mass is 9.73. The Hall–Kier alpha value is -2.88. The number of allylic oxidation sites excluding steroid dienone is 2. The van der Waals surface area contributed by atoms with E-state index in [0.717, 1.165) is 22.3 Å². The monoisotopic (exact) mass is 364 g/mol. The van der Waals surface area contributed by atoms with Gasteiger partial charge in [0.05, 0.1) is 13.7 Å². The second-order valence-electron chi connectivity index (χ2n) is 6.72. The molecule has 0 spiro atoms. The van der Waals surface area contributed by atoms with Gasteiger partial charge in [0.15, 0.2) is 5.78 Å². The predicted molar refractivity (Wildman–Crippen MR) is 105 cm³/mol. The summed E-state index contributed by atoms with van der Waals surface area (Å²) in [5.41, 5.74) is 3.93. The molecule has 0 radical (unpaired) electrons. The van der Waals surface area contributed by atoms with Crippen LogP contribution in [0.4, 0.5) is 0 Å². The van der Waals surface area contributed by atoms with Gasteiger partial charge in [-0.05, 0) is 49.1 Å². The van der Waals surface area contributed by atoms with Crippen molar-refractivity contribution in [3.05, 3.63) is 71.3 Å². The molecule has 0 unspecified atom stereocenters. The van der Waals surface area contributed by atoms with E-state index < -0.39 is 11.9 Å². The van der Waals surface area contributed by atoms with E-state index >= 15 is 0 Å². The first kappa shape index (κ1) is 18.9. The normalized spacial score (nSPS) is 19.4. The van der Waals surface area contributed by atoms with E-state index in [2.05, 4.69) is 0 Å². The van der Waals surface area contributed by atoms with Gasteiger partial charge >= 0.3 is 5.97 Å². The number of aryl methyl sites for hydroxylation is 1. The summed E-state index contributed by atoms with van der Waals surface area (Å²) < 4.78 is 10.7. The highest BCUT2D eigenvalue weighted by Crippen LogP contribution is 2.43. The highest BCUT2D eigenvalue weighted by Gasteiger charge is 2.40. The minimum atomic E-state index is -0.851. The van der Waals surface area contributed by atoms with Gasteiger partial charge in [-0.15, -0.1) is 0 Å². The molecular formula is C23H24O4. The quantitative estimate of drug-likeness (QED) is 0.586. The lowest BCUT2D eigenvalue weighted by Crippen LogP contribution is -2.34. The second kappa shape index (κ2) is 8.21. The molecule has 1 aliphatic carbocycles. The highest BCUT2D eigenvalue weighted by atomic mass is 16.5. The summed E-state index contributed by atoms with van der Waals surface area (Å²) in [6, 6.07) is 15.6. The number of benzene rings is 2. The van der Waals surface area contributed by atoms with Gasteiger partial charge in [0.1, 0.15) is 11.7 Å². The second-order valence-corrected chi connectivity index (χ2v) is 6.72. The number of rotatable bonds is 5. The van der Waals surface area contributed by atoms with Crippen molar-refractivity contribution in [1.82, 2.24) is 0 Å². The Bertz CT molecular complexity index is 864. The summed E-state index contributed by atoms with van der Waals surface area (Å²) >= 11 is 0. The fourth-order valence-electron chi connectivity index (χ4n) is 3.62. The first-order valence-corrected chi connectivity index (χ1v) is 9.16. The van der Waals surface area contributed by atoms with E-state index in [9.17, 15) is 9.59 Å². The van der Waals surface area contributed by atoms with Gasteiger partial charge in [0.25, 0.3) is 0 Å². The third-order valence-corrected chi connectivity index (χ3v) is 4.97. The maximum absolute atomic E-state index is 12.9. The molecule has 140 valence electrons. The molecule has 1 aliphatic rings. The fraction of sp³-hybridized carbons (Fsp3) is 0.304. The molecule has 27 heavy (non-hydrogen) atoms. The Kier molecular flexibility index (Phi) is 5.75. The van der Waals surface area contributed by atoms with E-state index in [-0.39, 0.29) is 18.3 Å². The van der Waals surface area contributed by atoms with Crippen LogP contribution in [0.5, 0.6) is 5.75 Å². The van der Waals surface area contributed by atoms with Crippen LogP contribution in [0.2, 0.25) is 0 Å². The minimum Gasteiger partial charge on any atom is -0.496 e. The Balaban J connectivity index is 2.06. The molecule has 0 fully saturated rings. The minimum absolute atomic E-state index is 0.216. The summed E-state index contributed by atoms with van der Waals surface area (Å²) in [4.78, 5) is 25.5. The SMILES string of the molecule is CCOC(=O)[C@@H]1C(=O)C=C(c2ccc(C)cc2)C[C@@H]1c1ccccc1OC. The van der Waals surface area contributed by atoms with Crippen molar-refractivity contribution in [1.29, 1.82) is 0 Å². The zero-order chi connectivity index (χ0) is 19.4. The van der Waals surface area contributed by atoms with Crippen LogP contribution in [-0.4, -0.2) is 25.5 Å². The standard InChI is InChI=1S/C23H24O4/c1-4-27-23(25)22-19(18-7-5-6-8-21(18)26-3)13-17(14-20(22)24)16-11-9-15(2)10-12-16/h5-12,14,19,22H,4,13H2,1-3H3/t19-,22+/m1/s1. The number of hydrogen-bond donors (Lipinski definition) is 0. The maximum Gasteiger partial charge on any atom is 0.317 e. The zero-order valence-electron chi connectivity index (χ0n) is 15.9. The average molecular weight is 364 g/mol. The van der Waals surface area contributed by atoms with E-state index in [4.69, 9.17) is 9.47 Å². The molecule has 0 aliphatic heterocycles. The van der Waals surface area contributed by atoms with Gasteiger partial charge in [-0.2, -0.15) is 0 Å². The number of para-hydroxylation sites is 1. The van der Waals surface area contributed by atoms with Crippen LogP contribution in [0.25, 0.3) is 5.57 Å². The van der Waals surface area contributed by atoms with Crippen molar-refractivity contribution in [2.24, 2.45) is 5.92 Å². The van der Waals surface area contributed by atoms with Crippen molar-refractivity contribution >= 4 is 17.3 Å². The van der Waals surface area contributed by atoms with Gasteiger partial charge in [-0.25, -0.2) is 0 Å². The van der Waals surface area contributed by atoms with Crippen molar-refractivity contribution in [2.45, 2.75) is 26.2 Å². The fourth-order valence-corrected chi connectivity index (χ4v) is 3.62. The molecule has 0 heterocycles. The Morgan fingerprint density at radius 3 is 2.48 bits per heavy atom. The summed E-state index contributed by atoms with van der Waals surface area (Å²) in [6.07, 6.45) is 2.16. The van der Waals surface area contributed by atoms with Crippen molar-refractivity contribution < 1.29 is 19.1 Å². The topological polar surface area (TPSA) is 52.6 Å². The Morgan fingerprint density at radius 1 is 1.11 bits per heavy atom. The Morgan fingerprint density at radius 2 is 1.81 bits per heavy atom. The summed E-state index contributed by atoms with van der Waals surface area (Å²) in [5.74, 6) is -1.19. The molecule has 0 bridgehead atoms. The summed E-state index contributed by atoms with van der Waals surface area (Å²) in [5, 5.41) is 0. The van der Waals surface area contributed by atoms with Crippen LogP contribution in [-0.2, 0) is 14.3 Å². The molecule has 4 heteroatoms. The van der Waals surface area contributed by atoms with E-state index in [1.807, 2.05) is 55.5 Å². The smallest absolute Gasteiger partial charge is 0.317 e. The molecule has 2 aromatic rings. The first-order valence-electron chi connectivity index (χ1n) is 9.16. The van der Waals surface area contributed by atoms with Crippen molar-refractivity contribution in [2.75, 3.05) is 13.7 Å². The number of carbonyl (C=O) groups excluding carboxylic acids is 2. The van der Waals surface area contributed by atoms with E-state index in [0.29, 0.717) is 12.2 Å². The van der Waals surface area contributed by atoms with Crippen LogP contribution < -0.4 is 4.74 Å². The predicted octanol–water partition coefficient (Wildman–Crippen LogP) is 4.32. The first-order chi connectivity index (χ1) is 13.0. The van der Waals surface area contributed by atoms with Gasteiger partial charge in [0, 0.05) is 5.92 Å². The highest BCUT2D eigenvalue weighted by molar-refractivity contribution is 6.10.